The number of rotatable bonds is 3. The molecule has 13 heavy (non-hydrogen) atoms. The normalized spacial score (nSPS) is 10.1. The second-order valence-electron chi connectivity index (χ2n) is 2.68. The van der Waals surface area contributed by atoms with Gasteiger partial charge in [-0.05, 0) is 6.07 Å². The predicted octanol–water partition coefficient (Wildman–Crippen LogP) is 3.40. The summed E-state index contributed by atoms with van der Waals surface area (Å²) in [6.45, 7) is 1.05. The number of alkyl halides is 1. The van der Waals surface area contributed by atoms with Crippen molar-refractivity contribution in [1.82, 2.24) is 0 Å². The van der Waals surface area contributed by atoms with E-state index in [1.165, 1.54) is 0 Å². The molecule has 0 fully saturated rings. The monoisotopic (exact) mass is 200 g/mol. The fourth-order valence-corrected chi connectivity index (χ4v) is 1.37. The molecular formula is C10H10ClFO. The van der Waals surface area contributed by atoms with Gasteiger partial charge in [-0.25, -0.2) is 4.39 Å². The van der Waals surface area contributed by atoms with E-state index in [9.17, 15) is 9.18 Å². The largest absolute Gasteiger partial charge is 0.294 e. The standard InChI is InChI=1S/C10H10ClFO/c1-2-10(13)7-4-3-5-9(11)8(7)6-12/h3-5H,2,6H2,1H3. The van der Waals surface area contributed by atoms with Gasteiger partial charge in [-0.1, -0.05) is 30.7 Å². The molecule has 0 bridgehead atoms. The van der Waals surface area contributed by atoms with Crippen LogP contribution in [0.25, 0.3) is 0 Å². The highest BCUT2D eigenvalue weighted by atomic mass is 35.5. The highest BCUT2D eigenvalue weighted by molar-refractivity contribution is 6.31. The van der Waals surface area contributed by atoms with E-state index in [0.29, 0.717) is 22.6 Å². The lowest BCUT2D eigenvalue weighted by Gasteiger charge is -2.05. The number of carbonyl (C=O) groups is 1. The van der Waals surface area contributed by atoms with Crippen LogP contribution >= 0.6 is 11.6 Å². The first-order valence-electron chi connectivity index (χ1n) is 4.07. The topological polar surface area (TPSA) is 17.1 Å². The molecule has 0 atom stereocenters. The van der Waals surface area contributed by atoms with Crippen molar-refractivity contribution >= 4 is 17.4 Å². The zero-order valence-electron chi connectivity index (χ0n) is 7.31. The molecule has 0 saturated heterocycles. The second kappa shape index (κ2) is 4.38. The Balaban J connectivity index is 3.20. The zero-order valence-corrected chi connectivity index (χ0v) is 8.07. The molecular weight excluding hydrogens is 191 g/mol. The van der Waals surface area contributed by atoms with Gasteiger partial charge in [-0.3, -0.25) is 4.79 Å². The SMILES string of the molecule is CCC(=O)c1cccc(Cl)c1CF. The van der Waals surface area contributed by atoms with Gasteiger partial charge in [0.2, 0.25) is 0 Å². The van der Waals surface area contributed by atoms with Gasteiger partial charge in [-0.2, -0.15) is 0 Å². The van der Waals surface area contributed by atoms with Gasteiger partial charge in [0, 0.05) is 22.6 Å². The van der Waals surface area contributed by atoms with Crippen molar-refractivity contribution in [2.75, 3.05) is 0 Å². The molecule has 1 aromatic rings. The van der Waals surface area contributed by atoms with Gasteiger partial charge in [0.05, 0.1) is 0 Å². The molecule has 1 aromatic carbocycles. The molecule has 0 amide bonds. The Morgan fingerprint density at radius 2 is 2.23 bits per heavy atom. The molecule has 0 aliphatic rings. The Morgan fingerprint density at radius 3 is 2.77 bits per heavy atom. The summed E-state index contributed by atoms with van der Waals surface area (Å²) in [6, 6.07) is 4.85. The van der Waals surface area contributed by atoms with Gasteiger partial charge in [0.1, 0.15) is 6.67 Å². The number of Topliss-reactive ketones (excluding diaryl/α,β-unsaturated/α-hetero) is 1. The van der Waals surface area contributed by atoms with Crippen LogP contribution in [0.2, 0.25) is 5.02 Å². The molecule has 0 heterocycles. The number of ketones is 1. The van der Waals surface area contributed by atoms with Crippen molar-refractivity contribution in [1.29, 1.82) is 0 Å². The van der Waals surface area contributed by atoms with Crippen LogP contribution < -0.4 is 0 Å². The first-order valence-corrected chi connectivity index (χ1v) is 4.45. The van der Waals surface area contributed by atoms with E-state index in [1.807, 2.05) is 0 Å². The van der Waals surface area contributed by atoms with Gasteiger partial charge in [0.15, 0.2) is 5.78 Å². The lowest BCUT2D eigenvalue weighted by molar-refractivity contribution is 0.0986. The summed E-state index contributed by atoms with van der Waals surface area (Å²) in [7, 11) is 0. The minimum Gasteiger partial charge on any atom is -0.294 e. The lowest BCUT2D eigenvalue weighted by atomic mass is 10.0. The van der Waals surface area contributed by atoms with E-state index >= 15 is 0 Å². The number of hydrogen-bond acceptors (Lipinski definition) is 1. The molecule has 0 radical (unpaired) electrons. The van der Waals surface area contributed by atoms with Gasteiger partial charge >= 0.3 is 0 Å². The third kappa shape index (κ3) is 2.07. The fourth-order valence-electron chi connectivity index (χ4n) is 1.15. The second-order valence-corrected chi connectivity index (χ2v) is 3.08. The highest BCUT2D eigenvalue weighted by Gasteiger charge is 2.11. The first kappa shape index (κ1) is 10.2. The molecule has 0 aliphatic heterocycles. The van der Waals surface area contributed by atoms with Gasteiger partial charge in [-0.15, -0.1) is 0 Å². The average molecular weight is 201 g/mol. The third-order valence-corrected chi connectivity index (χ3v) is 2.23. The Labute approximate surface area is 81.5 Å². The Kier molecular flexibility index (Phi) is 3.43. The quantitative estimate of drug-likeness (QED) is 0.684. The summed E-state index contributed by atoms with van der Waals surface area (Å²) in [4.78, 5) is 11.3. The molecule has 0 saturated carbocycles. The average Bonchev–Trinajstić information content (AvgIpc) is 2.16. The maximum Gasteiger partial charge on any atom is 0.163 e. The first-order chi connectivity index (χ1) is 6.20. The van der Waals surface area contributed by atoms with Crippen molar-refractivity contribution in [3.63, 3.8) is 0 Å². The molecule has 0 N–H and O–H groups in total. The van der Waals surface area contributed by atoms with Gasteiger partial charge in [0.25, 0.3) is 0 Å². The van der Waals surface area contributed by atoms with E-state index in [1.54, 1.807) is 25.1 Å². The van der Waals surface area contributed by atoms with E-state index < -0.39 is 6.67 Å². The summed E-state index contributed by atoms with van der Waals surface area (Å²) in [5, 5.41) is 0.321. The summed E-state index contributed by atoms with van der Waals surface area (Å²) in [5.74, 6) is -0.0739. The predicted molar refractivity (Wildman–Crippen MR) is 50.9 cm³/mol. The number of carbonyl (C=O) groups excluding carboxylic acids is 1. The van der Waals surface area contributed by atoms with Crippen LogP contribution in [0, 0.1) is 0 Å². The molecule has 0 spiro atoms. The van der Waals surface area contributed by atoms with Crippen LogP contribution in [0.15, 0.2) is 18.2 Å². The highest BCUT2D eigenvalue weighted by Crippen LogP contribution is 2.22. The van der Waals surface area contributed by atoms with Gasteiger partial charge < -0.3 is 0 Å². The van der Waals surface area contributed by atoms with Crippen LogP contribution in [0.4, 0.5) is 4.39 Å². The summed E-state index contributed by atoms with van der Waals surface area (Å²) in [6.07, 6.45) is 0.368. The molecule has 0 unspecified atom stereocenters. The maximum absolute atomic E-state index is 12.5. The fraction of sp³-hybridized carbons (Fsp3) is 0.300. The number of halogens is 2. The molecule has 3 heteroatoms. The Hall–Kier alpha value is -0.890. The van der Waals surface area contributed by atoms with Crippen molar-refractivity contribution in [3.05, 3.63) is 34.3 Å². The third-order valence-electron chi connectivity index (χ3n) is 1.87. The van der Waals surface area contributed by atoms with Crippen molar-refractivity contribution in [2.24, 2.45) is 0 Å². The van der Waals surface area contributed by atoms with Crippen LogP contribution in [-0.2, 0) is 6.67 Å². The zero-order chi connectivity index (χ0) is 9.84. The molecule has 0 aliphatic carbocycles. The van der Waals surface area contributed by atoms with Crippen LogP contribution in [0.1, 0.15) is 29.3 Å². The van der Waals surface area contributed by atoms with Crippen molar-refractivity contribution < 1.29 is 9.18 Å². The van der Waals surface area contributed by atoms with Crippen molar-refractivity contribution in [3.8, 4) is 0 Å². The van der Waals surface area contributed by atoms with E-state index in [2.05, 4.69) is 0 Å². The van der Waals surface area contributed by atoms with E-state index in [0.717, 1.165) is 0 Å². The number of benzene rings is 1. The molecule has 0 aromatic heterocycles. The molecule has 1 nitrogen and oxygen atoms in total. The Bertz CT molecular complexity index is 323. The van der Waals surface area contributed by atoms with Crippen LogP contribution in [0.3, 0.4) is 0 Å². The van der Waals surface area contributed by atoms with Crippen LogP contribution in [-0.4, -0.2) is 5.78 Å². The summed E-state index contributed by atoms with van der Waals surface area (Å²) < 4.78 is 12.5. The van der Waals surface area contributed by atoms with Crippen molar-refractivity contribution in [2.45, 2.75) is 20.0 Å². The minimum absolute atomic E-state index is 0.0739. The summed E-state index contributed by atoms with van der Waals surface area (Å²) in [5.41, 5.74) is 0.702. The lowest BCUT2D eigenvalue weighted by Crippen LogP contribution is -2.01. The molecule has 70 valence electrons. The van der Waals surface area contributed by atoms with E-state index in [4.69, 9.17) is 11.6 Å². The van der Waals surface area contributed by atoms with E-state index in [-0.39, 0.29) is 5.78 Å². The molecule has 1 rings (SSSR count). The maximum atomic E-state index is 12.5. The van der Waals surface area contributed by atoms with Crippen LogP contribution in [0.5, 0.6) is 0 Å². The summed E-state index contributed by atoms with van der Waals surface area (Å²) >= 11 is 5.74. The Morgan fingerprint density at radius 1 is 1.54 bits per heavy atom. The minimum atomic E-state index is -0.694. The smallest absolute Gasteiger partial charge is 0.163 e. The number of hydrogen-bond donors (Lipinski definition) is 0.